The van der Waals surface area contributed by atoms with E-state index in [-0.39, 0.29) is 5.82 Å². The number of carbonyl (C=O) groups excluding carboxylic acids is 1. The van der Waals surface area contributed by atoms with Gasteiger partial charge in [-0.25, -0.2) is 9.97 Å². The van der Waals surface area contributed by atoms with Crippen molar-refractivity contribution in [2.45, 2.75) is 0 Å². The van der Waals surface area contributed by atoms with Gasteiger partial charge in [-0.15, -0.1) is 0 Å². The van der Waals surface area contributed by atoms with Crippen molar-refractivity contribution >= 4 is 17.5 Å². The zero-order valence-corrected chi connectivity index (χ0v) is 10.3. The first-order chi connectivity index (χ1) is 8.61. The molecule has 92 valence electrons. The van der Waals surface area contributed by atoms with Crippen molar-refractivity contribution < 1.29 is 9.53 Å². The highest BCUT2D eigenvalue weighted by molar-refractivity contribution is 6.30. The van der Waals surface area contributed by atoms with Gasteiger partial charge in [0, 0.05) is 16.8 Å². The number of nitrogens with zero attached hydrogens (tertiary/aromatic N) is 2. The zero-order chi connectivity index (χ0) is 13.1. The molecule has 0 spiro atoms. The van der Waals surface area contributed by atoms with E-state index < -0.39 is 5.91 Å². The molecule has 0 saturated heterocycles. The predicted molar refractivity (Wildman–Crippen MR) is 67.5 cm³/mol. The molecule has 0 fully saturated rings. The van der Waals surface area contributed by atoms with Crippen molar-refractivity contribution in [2.75, 3.05) is 7.11 Å². The van der Waals surface area contributed by atoms with E-state index in [9.17, 15) is 4.79 Å². The number of carbonyl (C=O) groups is 1. The molecular weight excluding hydrogens is 254 g/mol. The number of ether oxygens (including phenoxy) is 1. The molecule has 1 aromatic carbocycles. The van der Waals surface area contributed by atoms with E-state index in [1.54, 1.807) is 31.4 Å². The maximum absolute atomic E-state index is 11.0. The van der Waals surface area contributed by atoms with Gasteiger partial charge in [-0.3, -0.25) is 4.79 Å². The molecule has 0 radical (unpaired) electrons. The predicted octanol–water partition coefficient (Wildman–Crippen LogP) is 1.90. The summed E-state index contributed by atoms with van der Waals surface area (Å²) in [6, 6.07) is 6.79. The SMILES string of the molecule is COc1ccc(Cl)cc1-c1ccnc(C(N)=O)n1. The summed E-state index contributed by atoms with van der Waals surface area (Å²) in [5.74, 6) is -0.124. The Balaban J connectivity index is 2.57. The molecule has 1 aromatic heterocycles. The van der Waals surface area contributed by atoms with Crippen LogP contribution in [-0.2, 0) is 0 Å². The first-order valence-corrected chi connectivity index (χ1v) is 5.46. The van der Waals surface area contributed by atoms with Gasteiger partial charge in [0.2, 0.25) is 5.82 Å². The highest BCUT2D eigenvalue weighted by Gasteiger charge is 2.11. The molecule has 0 saturated carbocycles. The summed E-state index contributed by atoms with van der Waals surface area (Å²) >= 11 is 5.94. The fraction of sp³-hybridized carbons (Fsp3) is 0.0833. The smallest absolute Gasteiger partial charge is 0.286 e. The van der Waals surface area contributed by atoms with Gasteiger partial charge in [0.05, 0.1) is 12.8 Å². The number of hydrogen-bond donors (Lipinski definition) is 1. The van der Waals surface area contributed by atoms with Crippen LogP contribution in [0.1, 0.15) is 10.6 Å². The summed E-state index contributed by atoms with van der Waals surface area (Å²) in [6.07, 6.45) is 1.46. The number of amides is 1. The van der Waals surface area contributed by atoms with E-state index in [1.807, 2.05) is 0 Å². The lowest BCUT2D eigenvalue weighted by Gasteiger charge is -2.08. The first kappa shape index (κ1) is 12.3. The molecule has 18 heavy (non-hydrogen) atoms. The molecule has 0 aliphatic heterocycles. The third-order valence-electron chi connectivity index (χ3n) is 2.31. The highest BCUT2D eigenvalue weighted by atomic mass is 35.5. The molecule has 2 rings (SSSR count). The minimum atomic E-state index is -0.683. The first-order valence-electron chi connectivity index (χ1n) is 5.08. The van der Waals surface area contributed by atoms with E-state index in [1.165, 1.54) is 6.20 Å². The number of halogens is 1. The number of benzene rings is 1. The quantitative estimate of drug-likeness (QED) is 0.917. The molecule has 0 aliphatic carbocycles. The molecule has 1 heterocycles. The number of nitrogens with two attached hydrogens (primary N) is 1. The second kappa shape index (κ2) is 5.01. The van der Waals surface area contributed by atoms with Gasteiger partial charge in [0.25, 0.3) is 5.91 Å². The lowest BCUT2D eigenvalue weighted by molar-refractivity contribution is 0.0990. The van der Waals surface area contributed by atoms with Crippen molar-refractivity contribution in [1.29, 1.82) is 0 Å². The van der Waals surface area contributed by atoms with E-state index in [2.05, 4.69) is 9.97 Å². The van der Waals surface area contributed by atoms with Gasteiger partial charge in [-0.05, 0) is 24.3 Å². The fourth-order valence-electron chi connectivity index (χ4n) is 1.51. The Morgan fingerprint density at radius 1 is 1.39 bits per heavy atom. The molecule has 0 atom stereocenters. The lowest BCUT2D eigenvalue weighted by Crippen LogP contribution is -2.15. The van der Waals surface area contributed by atoms with Gasteiger partial charge in [-0.2, -0.15) is 0 Å². The van der Waals surface area contributed by atoms with Crippen LogP contribution in [0.5, 0.6) is 5.75 Å². The van der Waals surface area contributed by atoms with Gasteiger partial charge < -0.3 is 10.5 Å². The average molecular weight is 264 g/mol. The summed E-state index contributed by atoms with van der Waals surface area (Å²) in [5.41, 5.74) is 6.34. The van der Waals surface area contributed by atoms with E-state index >= 15 is 0 Å². The van der Waals surface area contributed by atoms with Crippen LogP contribution in [0, 0.1) is 0 Å². The Morgan fingerprint density at radius 2 is 2.17 bits per heavy atom. The lowest BCUT2D eigenvalue weighted by atomic mass is 10.1. The van der Waals surface area contributed by atoms with Crippen LogP contribution in [0.4, 0.5) is 0 Å². The number of primary amides is 1. The standard InChI is InChI=1S/C12H10ClN3O2/c1-18-10-3-2-7(13)6-8(10)9-4-5-15-12(16-9)11(14)17/h2-6H,1H3,(H2,14,17). The largest absolute Gasteiger partial charge is 0.496 e. The summed E-state index contributed by atoms with van der Waals surface area (Å²) in [5, 5.41) is 0.546. The average Bonchev–Trinajstić information content (AvgIpc) is 2.39. The van der Waals surface area contributed by atoms with Crippen molar-refractivity contribution in [1.82, 2.24) is 9.97 Å². The minimum Gasteiger partial charge on any atom is -0.496 e. The Kier molecular flexibility index (Phi) is 3.43. The van der Waals surface area contributed by atoms with Gasteiger partial charge in [-0.1, -0.05) is 11.6 Å². The molecule has 0 unspecified atom stereocenters. The van der Waals surface area contributed by atoms with Crippen LogP contribution in [0.3, 0.4) is 0 Å². The maximum atomic E-state index is 11.0. The van der Waals surface area contributed by atoms with E-state index in [0.29, 0.717) is 22.0 Å². The van der Waals surface area contributed by atoms with Crippen molar-refractivity contribution in [3.05, 3.63) is 41.3 Å². The molecule has 2 N–H and O–H groups in total. The summed E-state index contributed by atoms with van der Waals surface area (Å²) in [4.78, 5) is 18.9. The zero-order valence-electron chi connectivity index (χ0n) is 9.55. The summed E-state index contributed by atoms with van der Waals surface area (Å²) in [6.45, 7) is 0. The minimum absolute atomic E-state index is 0.0467. The molecule has 0 bridgehead atoms. The van der Waals surface area contributed by atoms with E-state index in [0.717, 1.165) is 0 Å². The molecular formula is C12H10ClN3O2. The number of aromatic nitrogens is 2. The molecule has 1 amide bonds. The van der Waals surface area contributed by atoms with E-state index in [4.69, 9.17) is 22.1 Å². The van der Waals surface area contributed by atoms with Crippen molar-refractivity contribution in [2.24, 2.45) is 5.73 Å². The van der Waals surface area contributed by atoms with Gasteiger partial charge >= 0.3 is 0 Å². The number of rotatable bonds is 3. The van der Waals surface area contributed by atoms with Crippen LogP contribution in [0.2, 0.25) is 5.02 Å². The normalized spacial score (nSPS) is 10.1. The Hall–Kier alpha value is -2.14. The summed E-state index contributed by atoms with van der Waals surface area (Å²) < 4.78 is 5.22. The topological polar surface area (TPSA) is 78.1 Å². The third-order valence-corrected chi connectivity index (χ3v) is 2.55. The molecule has 0 aliphatic rings. The Bertz CT molecular complexity index is 602. The number of hydrogen-bond acceptors (Lipinski definition) is 4. The van der Waals surface area contributed by atoms with Crippen LogP contribution in [0.15, 0.2) is 30.5 Å². The fourth-order valence-corrected chi connectivity index (χ4v) is 1.68. The molecule has 5 nitrogen and oxygen atoms in total. The monoisotopic (exact) mass is 263 g/mol. The molecule has 2 aromatic rings. The van der Waals surface area contributed by atoms with Crippen LogP contribution >= 0.6 is 11.6 Å². The Morgan fingerprint density at radius 3 is 2.83 bits per heavy atom. The molecule has 6 heteroatoms. The van der Waals surface area contributed by atoms with Crippen molar-refractivity contribution in [3.63, 3.8) is 0 Å². The highest BCUT2D eigenvalue weighted by Crippen LogP contribution is 2.30. The van der Waals surface area contributed by atoms with Gasteiger partial charge in [0.15, 0.2) is 0 Å². The third kappa shape index (κ3) is 2.41. The number of methoxy groups -OCH3 is 1. The van der Waals surface area contributed by atoms with Crippen LogP contribution in [0.25, 0.3) is 11.3 Å². The second-order valence-corrected chi connectivity index (χ2v) is 3.91. The Labute approximate surface area is 109 Å². The van der Waals surface area contributed by atoms with Gasteiger partial charge in [0.1, 0.15) is 5.75 Å². The van der Waals surface area contributed by atoms with Crippen LogP contribution < -0.4 is 10.5 Å². The van der Waals surface area contributed by atoms with Crippen LogP contribution in [-0.4, -0.2) is 23.0 Å². The van der Waals surface area contributed by atoms with Crippen molar-refractivity contribution in [3.8, 4) is 17.0 Å². The maximum Gasteiger partial charge on any atom is 0.286 e. The second-order valence-electron chi connectivity index (χ2n) is 3.47. The summed E-state index contributed by atoms with van der Waals surface area (Å²) in [7, 11) is 1.54.